The minimum Gasteiger partial charge on any atom is -0.271 e. The second-order valence-corrected chi connectivity index (χ2v) is 5.61. The number of hydrogen-bond donors (Lipinski definition) is 2. The molecule has 19 heavy (non-hydrogen) atoms. The fourth-order valence-corrected chi connectivity index (χ4v) is 2.74. The van der Waals surface area contributed by atoms with Crippen LogP contribution in [0.2, 0.25) is 15.1 Å². The molecule has 3 N–H and O–H groups in total. The highest BCUT2D eigenvalue weighted by atomic mass is 35.5. The zero-order valence-electron chi connectivity index (χ0n) is 10.3. The van der Waals surface area contributed by atoms with Crippen LogP contribution in [0.25, 0.3) is 0 Å². The third-order valence-electron chi connectivity index (χ3n) is 2.83. The largest absolute Gasteiger partial charge is 0.271 e. The maximum absolute atomic E-state index is 6.21. The van der Waals surface area contributed by atoms with Crippen molar-refractivity contribution in [3.8, 4) is 0 Å². The van der Waals surface area contributed by atoms with Gasteiger partial charge in [0.25, 0.3) is 0 Å². The van der Waals surface area contributed by atoms with Gasteiger partial charge in [0.1, 0.15) is 0 Å². The van der Waals surface area contributed by atoms with Crippen molar-refractivity contribution >= 4 is 34.8 Å². The average molecular weight is 316 g/mol. The van der Waals surface area contributed by atoms with E-state index in [0.717, 1.165) is 16.7 Å². The summed E-state index contributed by atoms with van der Waals surface area (Å²) in [6.07, 6.45) is 0. The number of benzene rings is 2. The molecule has 0 radical (unpaired) electrons. The molecule has 0 spiro atoms. The SMILES string of the molecule is Cc1cc(Cl)cc(C(NN)c2cc(Cl)ccc2Cl)c1. The van der Waals surface area contributed by atoms with Crippen LogP contribution in [0.1, 0.15) is 22.7 Å². The molecule has 0 aliphatic carbocycles. The van der Waals surface area contributed by atoms with Crippen molar-refractivity contribution in [2.24, 2.45) is 5.84 Å². The summed E-state index contributed by atoms with van der Waals surface area (Å²) in [7, 11) is 0. The van der Waals surface area contributed by atoms with Gasteiger partial charge in [0.05, 0.1) is 6.04 Å². The van der Waals surface area contributed by atoms with Gasteiger partial charge in [0, 0.05) is 15.1 Å². The predicted octanol–water partition coefficient (Wildman–Crippen LogP) is 4.51. The highest BCUT2D eigenvalue weighted by molar-refractivity contribution is 6.33. The van der Waals surface area contributed by atoms with Crippen LogP contribution < -0.4 is 11.3 Å². The summed E-state index contributed by atoms with van der Waals surface area (Å²) in [5, 5.41) is 1.87. The molecule has 0 bridgehead atoms. The van der Waals surface area contributed by atoms with Crippen LogP contribution in [-0.2, 0) is 0 Å². The number of nitrogens with one attached hydrogen (secondary N) is 1. The molecule has 0 saturated carbocycles. The zero-order valence-corrected chi connectivity index (χ0v) is 12.5. The quantitative estimate of drug-likeness (QED) is 0.646. The fraction of sp³-hybridized carbons (Fsp3) is 0.143. The maximum atomic E-state index is 6.21. The highest BCUT2D eigenvalue weighted by Gasteiger charge is 2.17. The van der Waals surface area contributed by atoms with E-state index in [1.165, 1.54) is 0 Å². The Balaban J connectivity index is 2.52. The van der Waals surface area contributed by atoms with E-state index in [9.17, 15) is 0 Å². The van der Waals surface area contributed by atoms with E-state index in [4.69, 9.17) is 40.6 Å². The second-order valence-electron chi connectivity index (χ2n) is 4.33. The molecule has 0 aliphatic rings. The molecule has 0 fully saturated rings. The highest BCUT2D eigenvalue weighted by Crippen LogP contribution is 2.31. The normalized spacial score (nSPS) is 12.5. The van der Waals surface area contributed by atoms with Crippen LogP contribution in [-0.4, -0.2) is 0 Å². The van der Waals surface area contributed by atoms with Crippen molar-refractivity contribution in [1.29, 1.82) is 0 Å². The second kappa shape index (κ2) is 6.12. The number of nitrogens with two attached hydrogens (primary N) is 1. The zero-order chi connectivity index (χ0) is 14.0. The third kappa shape index (κ3) is 3.41. The van der Waals surface area contributed by atoms with Crippen LogP contribution in [0.5, 0.6) is 0 Å². The Morgan fingerprint density at radius 2 is 1.74 bits per heavy atom. The standard InChI is InChI=1S/C14H13Cl3N2/c1-8-4-9(6-11(16)5-8)14(19-18)12-7-10(15)2-3-13(12)17/h2-7,14,19H,18H2,1H3. The Morgan fingerprint density at radius 3 is 2.37 bits per heavy atom. The van der Waals surface area contributed by atoms with Crippen molar-refractivity contribution in [3.63, 3.8) is 0 Å². The van der Waals surface area contributed by atoms with E-state index in [0.29, 0.717) is 15.1 Å². The van der Waals surface area contributed by atoms with Crippen molar-refractivity contribution in [2.75, 3.05) is 0 Å². The Morgan fingerprint density at radius 1 is 1.00 bits per heavy atom. The minimum atomic E-state index is -0.261. The summed E-state index contributed by atoms with van der Waals surface area (Å²) < 4.78 is 0. The first-order chi connectivity index (χ1) is 9.01. The van der Waals surface area contributed by atoms with Gasteiger partial charge in [0.2, 0.25) is 0 Å². The Bertz CT molecular complexity index is 579. The summed E-state index contributed by atoms with van der Waals surface area (Å²) in [6.45, 7) is 1.97. The molecule has 0 heterocycles. The first-order valence-electron chi connectivity index (χ1n) is 5.69. The first kappa shape index (κ1) is 14.6. The lowest BCUT2D eigenvalue weighted by molar-refractivity contribution is 0.637. The molecule has 2 aromatic carbocycles. The van der Waals surface area contributed by atoms with Gasteiger partial charge >= 0.3 is 0 Å². The molecular weight excluding hydrogens is 303 g/mol. The van der Waals surface area contributed by atoms with Crippen LogP contribution >= 0.6 is 34.8 Å². The van der Waals surface area contributed by atoms with E-state index >= 15 is 0 Å². The van der Waals surface area contributed by atoms with Gasteiger partial charge in [-0.1, -0.05) is 40.9 Å². The smallest absolute Gasteiger partial charge is 0.0725 e. The lowest BCUT2D eigenvalue weighted by Crippen LogP contribution is -2.29. The van der Waals surface area contributed by atoms with E-state index in [1.807, 2.05) is 25.1 Å². The minimum absolute atomic E-state index is 0.261. The van der Waals surface area contributed by atoms with Crippen LogP contribution in [0.4, 0.5) is 0 Å². The number of halogens is 3. The molecule has 2 aromatic rings. The average Bonchev–Trinajstić information content (AvgIpc) is 2.33. The molecule has 0 aromatic heterocycles. The van der Waals surface area contributed by atoms with E-state index < -0.39 is 0 Å². The first-order valence-corrected chi connectivity index (χ1v) is 6.83. The maximum Gasteiger partial charge on any atom is 0.0725 e. The monoisotopic (exact) mass is 314 g/mol. The van der Waals surface area contributed by atoms with Crippen LogP contribution in [0.3, 0.4) is 0 Å². The number of hydrogen-bond acceptors (Lipinski definition) is 2. The van der Waals surface area contributed by atoms with Gasteiger partial charge in [-0.25, -0.2) is 5.43 Å². The molecule has 2 rings (SSSR count). The summed E-state index contributed by atoms with van der Waals surface area (Å²) in [6, 6.07) is 10.8. The van der Waals surface area contributed by atoms with Gasteiger partial charge in [-0.15, -0.1) is 0 Å². The molecule has 100 valence electrons. The topological polar surface area (TPSA) is 38.0 Å². The van der Waals surface area contributed by atoms with Crippen molar-refractivity contribution in [2.45, 2.75) is 13.0 Å². The van der Waals surface area contributed by atoms with Gasteiger partial charge in [-0.3, -0.25) is 5.84 Å². The molecule has 1 atom stereocenters. The van der Waals surface area contributed by atoms with Crippen molar-refractivity contribution in [3.05, 3.63) is 68.2 Å². The van der Waals surface area contributed by atoms with Crippen LogP contribution in [0, 0.1) is 6.92 Å². The van der Waals surface area contributed by atoms with E-state index in [2.05, 4.69) is 5.43 Å². The van der Waals surface area contributed by atoms with E-state index in [-0.39, 0.29) is 6.04 Å². The molecule has 0 amide bonds. The summed E-state index contributed by atoms with van der Waals surface area (Å²) >= 11 is 18.3. The lowest BCUT2D eigenvalue weighted by atomic mass is 9.98. The molecule has 1 unspecified atom stereocenters. The third-order valence-corrected chi connectivity index (χ3v) is 3.63. The lowest BCUT2D eigenvalue weighted by Gasteiger charge is -2.19. The van der Waals surface area contributed by atoms with Crippen molar-refractivity contribution in [1.82, 2.24) is 5.43 Å². The Hall–Kier alpha value is -0.770. The molecule has 0 saturated heterocycles. The number of hydrazine groups is 1. The van der Waals surface area contributed by atoms with Gasteiger partial charge in [-0.05, 0) is 53.9 Å². The van der Waals surface area contributed by atoms with Gasteiger partial charge < -0.3 is 0 Å². The van der Waals surface area contributed by atoms with Crippen molar-refractivity contribution < 1.29 is 0 Å². The molecule has 2 nitrogen and oxygen atoms in total. The number of aryl methyl sites for hydroxylation is 1. The summed E-state index contributed by atoms with van der Waals surface area (Å²) in [4.78, 5) is 0. The molecule has 0 aliphatic heterocycles. The fourth-order valence-electron chi connectivity index (χ4n) is 2.03. The van der Waals surface area contributed by atoms with Crippen LogP contribution in [0.15, 0.2) is 36.4 Å². The Labute approximate surface area is 127 Å². The summed E-state index contributed by atoms with van der Waals surface area (Å²) in [5.74, 6) is 5.66. The van der Waals surface area contributed by atoms with E-state index in [1.54, 1.807) is 18.2 Å². The number of rotatable bonds is 3. The predicted molar refractivity (Wildman–Crippen MR) is 81.8 cm³/mol. The molecule has 5 heteroatoms. The van der Waals surface area contributed by atoms with Gasteiger partial charge in [0.15, 0.2) is 0 Å². The summed E-state index contributed by atoms with van der Waals surface area (Å²) in [5.41, 5.74) is 5.57. The van der Waals surface area contributed by atoms with Gasteiger partial charge in [-0.2, -0.15) is 0 Å². The Kier molecular flexibility index (Phi) is 4.71. The molecular formula is C14H13Cl3N2.